The topological polar surface area (TPSA) is 62.5 Å². The highest BCUT2D eigenvalue weighted by molar-refractivity contribution is 7.51. The Bertz CT molecular complexity index is 298. The molecule has 0 spiro atoms. The molecule has 0 aliphatic heterocycles. The summed E-state index contributed by atoms with van der Waals surface area (Å²) in [7, 11) is -3.88. The molecule has 12 heavy (non-hydrogen) atoms. The minimum Gasteiger partial charge on any atom is -0.331 e. The molecule has 0 aliphatic rings. The molecule has 0 saturated carbocycles. The van der Waals surface area contributed by atoms with Crippen LogP contribution in [0.2, 0.25) is 0 Å². The van der Waals surface area contributed by atoms with Gasteiger partial charge in [0, 0.05) is 18.6 Å². The van der Waals surface area contributed by atoms with Crippen molar-refractivity contribution in [3.8, 4) is 0 Å². The Morgan fingerprint density at radius 2 is 1.92 bits per heavy atom. The first kappa shape index (κ1) is 9.26. The van der Waals surface area contributed by atoms with Crippen molar-refractivity contribution in [1.82, 2.24) is 4.57 Å². The van der Waals surface area contributed by atoms with E-state index in [4.69, 9.17) is 9.79 Å². The molecule has 0 atom stereocenters. The highest BCUT2D eigenvalue weighted by Gasteiger charge is 2.08. The van der Waals surface area contributed by atoms with Gasteiger partial charge in [-0.15, -0.1) is 0 Å². The van der Waals surface area contributed by atoms with Gasteiger partial charge in [-0.3, -0.25) is 4.57 Å². The molecule has 0 radical (unpaired) electrons. The zero-order chi connectivity index (χ0) is 9.03. The van der Waals surface area contributed by atoms with Gasteiger partial charge in [-0.2, -0.15) is 0 Å². The van der Waals surface area contributed by atoms with Crippen LogP contribution in [0.3, 0.4) is 0 Å². The van der Waals surface area contributed by atoms with Crippen molar-refractivity contribution < 1.29 is 14.4 Å². The number of hydrogen-bond donors (Lipinski definition) is 2. The first-order valence-corrected chi connectivity index (χ1v) is 5.21. The molecular formula is C7H10NO3P. The predicted molar refractivity (Wildman–Crippen MR) is 46.7 cm³/mol. The van der Waals surface area contributed by atoms with E-state index >= 15 is 0 Å². The maximum absolute atomic E-state index is 10.4. The van der Waals surface area contributed by atoms with Gasteiger partial charge in [-0.05, 0) is 12.1 Å². The Kier molecular flexibility index (Phi) is 2.87. The second-order valence-electron chi connectivity index (χ2n) is 2.36. The largest absolute Gasteiger partial charge is 0.331 e. The summed E-state index contributed by atoms with van der Waals surface area (Å²) in [6.45, 7) is 0. The van der Waals surface area contributed by atoms with Crippen LogP contribution in [-0.2, 0) is 4.57 Å². The quantitative estimate of drug-likeness (QED) is 0.697. The first-order chi connectivity index (χ1) is 5.58. The summed E-state index contributed by atoms with van der Waals surface area (Å²) in [6.07, 6.45) is 6.41. The molecule has 0 aromatic carbocycles. The summed E-state index contributed by atoms with van der Waals surface area (Å²) in [5.74, 6) is 0. The first-order valence-electron chi connectivity index (χ1n) is 3.41. The second-order valence-corrected chi connectivity index (χ2v) is 4.06. The van der Waals surface area contributed by atoms with Gasteiger partial charge in [0.2, 0.25) is 0 Å². The lowest BCUT2D eigenvalue weighted by atomic mass is 10.7. The van der Waals surface area contributed by atoms with Crippen molar-refractivity contribution in [3.05, 3.63) is 30.6 Å². The third kappa shape index (κ3) is 3.53. The normalized spacial score (nSPS) is 12.5. The van der Waals surface area contributed by atoms with Gasteiger partial charge in [0.25, 0.3) is 0 Å². The Labute approximate surface area is 70.3 Å². The summed E-state index contributed by atoms with van der Waals surface area (Å²) in [5, 5.41) is 0. The number of nitrogens with zero attached hydrogens (tertiary/aromatic N) is 1. The number of hydrogen-bond acceptors (Lipinski definition) is 1. The molecule has 0 amide bonds. The van der Waals surface area contributed by atoms with Crippen molar-refractivity contribution in [3.63, 3.8) is 0 Å². The maximum Gasteiger partial charge on any atom is 0.329 e. The summed E-state index contributed by atoms with van der Waals surface area (Å²) in [6, 6.07) is 3.67. The Morgan fingerprint density at radius 1 is 1.33 bits per heavy atom. The van der Waals surface area contributed by atoms with Gasteiger partial charge in [0.15, 0.2) is 0 Å². The summed E-state index contributed by atoms with van der Waals surface area (Å²) in [5.41, 5.74) is 0. The van der Waals surface area contributed by atoms with Crippen LogP contribution in [0.25, 0.3) is 6.20 Å². The summed E-state index contributed by atoms with van der Waals surface area (Å²) < 4.78 is 12.1. The Morgan fingerprint density at radius 3 is 2.42 bits per heavy atom. The van der Waals surface area contributed by atoms with Gasteiger partial charge >= 0.3 is 7.60 Å². The number of allylic oxidation sites excluding steroid dienone is 1. The van der Waals surface area contributed by atoms with Gasteiger partial charge in [0.05, 0.1) is 6.16 Å². The molecule has 1 rings (SSSR count). The molecule has 1 heterocycles. The zero-order valence-electron chi connectivity index (χ0n) is 6.37. The molecule has 0 saturated heterocycles. The fraction of sp³-hybridized carbons (Fsp3) is 0.143. The molecule has 0 bridgehead atoms. The molecule has 5 heteroatoms. The van der Waals surface area contributed by atoms with E-state index < -0.39 is 7.60 Å². The minimum atomic E-state index is -3.88. The van der Waals surface area contributed by atoms with E-state index in [-0.39, 0.29) is 6.16 Å². The van der Waals surface area contributed by atoms with Crippen molar-refractivity contribution in [1.29, 1.82) is 0 Å². The molecular weight excluding hydrogens is 177 g/mol. The van der Waals surface area contributed by atoms with E-state index in [1.54, 1.807) is 23.2 Å². The van der Waals surface area contributed by atoms with Crippen LogP contribution < -0.4 is 0 Å². The SMILES string of the molecule is O=P(O)(O)CC=Cn1cccc1. The molecule has 66 valence electrons. The van der Waals surface area contributed by atoms with E-state index in [1.807, 2.05) is 12.1 Å². The van der Waals surface area contributed by atoms with Crippen molar-refractivity contribution in [2.24, 2.45) is 0 Å². The molecule has 0 unspecified atom stereocenters. The van der Waals surface area contributed by atoms with E-state index in [0.29, 0.717) is 0 Å². The summed E-state index contributed by atoms with van der Waals surface area (Å²) in [4.78, 5) is 17.0. The lowest BCUT2D eigenvalue weighted by Gasteiger charge is -1.97. The third-order valence-corrected chi connectivity index (χ3v) is 1.93. The lowest BCUT2D eigenvalue weighted by Crippen LogP contribution is -1.84. The Hall–Kier alpha value is -0.830. The van der Waals surface area contributed by atoms with Crippen molar-refractivity contribution >= 4 is 13.8 Å². The highest BCUT2D eigenvalue weighted by atomic mass is 31.2. The highest BCUT2D eigenvalue weighted by Crippen LogP contribution is 2.33. The number of rotatable bonds is 3. The lowest BCUT2D eigenvalue weighted by molar-refractivity contribution is 0.377. The van der Waals surface area contributed by atoms with E-state index in [1.165, 1.54) is 6.08 Å². The smallest absolute Gasteiger partial charge is 0.329 e. The van der Waals surface area contributed by atoms with Gasteiger partial charge < -0.3 is 14.4 Å². The van der Waals surface area contributed by atoms with Crippen LogP contribution in [0.4, 0.5) is 0 Å². The van der Waals surface area contributed by atoms with Crippen LogP contribution >= 0.6 is 7.60 Å². The van der Waals surface area contributed by atoms with Crippen LogP contribution in [0.15, 0.2) is 30.6 Å². The van der Waals surface area contributed by atoms with Crippen LogP contribution in [0.5, 0.6) is 0 Å². The van der Waals surface area contributed by atoms with Crippen LogP contribution in [0.1, 0.15) is 0 Å². The number of aromatic nitrogens is 1. The molecule has 2 N–H and O–H groups in total. The van der Waals surface area contributed by atoms with Gasteiger partial charge in [0.1, 0.15) is 0 Å². The Balaban J connectivity index is 2.48. The summed E-state index contributed by atoms with van der Waals surface area (Å²) >= 11 is 0. The second kappa shape index (κ2) is 3.72. The fourth-order valence-electron chi connectivity index (χ4n) is 0.753. The molecule has 0 fully saturated rings. The van der Waals surface area contributed by atoms with E-state index in [2.05, 4.69) is 0 Å². The van der Waals surface area contributed by atoms with Gasteiger partial charge in [-0.25, -0.2) is 0 Å². The van der Waals surface area contributed by atoms with E-state index in [9.17, 15) is 4.57 Å². The standard InChI is InChI=1S/C7H10NO3P/c9-12(10,11)7-3-6-8-4-1-2-5-8/h1-6H,7H2,(H2,9,10,11). The molecule has 0 aliphatic carbocycles. The average molecular weight is 187 g/mol. The molecule has 1 aromatic heterocycles. The minimum absolute atomic E-state index is 0.217. The van der Waals surface area contributed by atoms with Gasteiger partial charge in [-0.1, -0.05) is 6.08 Å². The monoisotopic (exact) mass is 187 g/mol. The average Bonchev–Trinajstić information content (AvgIpc) is 2.36. The van der Waals surface area contributed by atoms with Crippen molar-refractivity contribution in [2.45, 2.75) is 0 Å². The van der Waals surface area contributed by atoms with Crippen LogP contribution in [0, 0.1) is 0 Å². The maximum atomic E-state index is 10.4. The molecule has 1 aromatic rings. The predicted octanol–water partition coefficient (Wildman–Crippen LogP) is 1.14. The van der Waals surface area contributed by atoms with E-state index in [0.717, 1.165) is 0 Å². The third-order valence-electron chi connectivity index (χ3n) is 1.25. The van der Waals surface area contributed by atoms with Crippen molar-refractivity contribution in [2.75, 3.05) is 6.16 Å². The fourth-order valence-corrected chi connectivity index (χ4v) is 1.12. The van der Waals surface area contributed by atoms with Crippen LogP contribution in [-0.4, -0.2) is 20.5 Å². The molecule has 4 nitrogen and oxygen atoms in total. The zero-order valence-corrected chi connectivity index (χ0v) is 7.26.